The average Bonchev–Trinajstić information content (AvgIpc) is 3.22. The van der Waals surface area contributed by atoms with Gasteiger partial charge in [-0.05, 0) is 31.0 Å². The van der Waals surface area contributed by atoms with Crippen molar-refractivity contribution in [2.45, 2.75) is 25.9 Å². The Balaban J connectivity index is 0.00000363. The first-order chi connectivity index (χ1) is 15.0. The fourth-order valence-corrected chi connectivity index (χ4v) is 4.20. The Morgan fingerprint density at radius 3 is 2.75 bits per heavy atom. The topological polar surface area (TPSA) is 98.7 Å². The lowest BCUT2D eigenvalue weighted by Gasteiger charge is -2.20. The number of nitrogens with one attached hydrogen (secondary N) is 3. The molecule has 176 valence electrons. The molecule has 1 saturated heterocycles. The summed E-state index contributed by atoms with van der Waals surface area (Å²) in [6.45, 7) is 4.26. The molecule has 1 atom stereocenters. The van der Waals surface area contributed by atoms with Gasteiger partial charge in [-0.3, -0.25) is 4.99 Å². The number of aliphatic imine (C=N–C) groups is 1. The summed E-state index contributed by atoms with van der Waals surface area (Å²) in [5.41, 5.74) is 0.903. The molecule has 2 heterocycles. The van der Waals surface area contributed by atoms with Crippen molar-refractivity contribution in [3.63, 3.8) is 0 Å². The van der Waals surface area contributed by atoms with Crippen LogP contribution in [0, 0.1) is 5.82 Å². The molecule has 0 bridgehead atoms. The van der Waals surface area contributed by atoms with Gasteiger partial charge in [0.1, 0.15) is 0 Å². The highest BCUT2D eigenvalue weighted by Crippen LogP contribution is 2.20. The molecule has 11 heteroatoms. The number of hydrogen-bond acceptors (Lipinski definition) is 5. The smallest absolute Gasteiger partial charge is 0.213 e. The summed E-state index contributed by atoms with van der Waals surface area (Å²) in [6.07, 6.45) is 2.38. The van der Waals surface area contributed by atoms with E-state index < -0.39 is 10.0 Å². The van der Waals surface area contributed by atoms with Crippen LogP contribution in [0.1, 0.15) is 18.9 Å². The van der Waals surface area contributed by atoms with Crippen LogP contribution in [0.5, 0.6) is 0 Å². The van der Waals surface area contributed by atoms with E-state index in [9.17, 15) is 12.8 Å². The molecule has 0 radical (unpaired) electrons. The third-order valence-electron chi connectivity index (χ3n) is 4.88. The van der Waals surface area contributed by atoms with Crippen molar-refractivity contribution in [1.29, 1.82) is 0 Å². The number of nitrogens with zero attached hydrogens (tertiary/aromatic N) is 3. The third-order valence-corrected chi connectivity index (χ3v) is 6.19. The fourth-order valence-electron chi connectivity index (χ4n) is 3.33. The number of guanidine groups is 1. The van der Waals surface area contributed by atoms with Crippen LogP contribution < -0.4 is 20.3 Å². The van der Waals surface area contributed by atoms with E-state index in [-0.39, 0.29) is 54.7 Å². The average molecular weight is 576 g/mol. The summed E-state index contributed by atoms with van der Waals surface area (Å²) in [5, 5.41) is 6.45. The second kappa shape index (κ2) is 12.9. The highest BCUT2D eigenvalue weighted by atomic mass is 127. The van der Waals surface area contributed by atoms with E-state index in [1.807, 2.05) is 42.2 Å². The van der Waals surface area contributed by atoms with Crippen LogP contribution in [0.3, 0.4) is 0 Å². The minimum absolute atomic E-state index is 0. The van der Waals surface area contributed by atoms with Crippen molar-refractivity contribution in [1.82, 2.24) is 20.3 Å². The van der Waals surface area contributed by atoms with Crippen molar-refractivity contribution >= 4 is 45.8 Å². The van der Waals surface area contributed by atoms with Crippen molar-refractivity contribution in [3.05, 3.63) is 60.0 Å². The molecule has 1 unspecified atom stereocenters. The maximum Gasteiger partial charge on any atom is 0.213 e. The Hall–Kier alpha value is -1.99. The monoisotopic (exact) mass is 576 g/mol. The van der Waals surface area contributed by atoms with Gasteiger partial charge < -0.3 is 15.5 Å². The van der Waals surface area contributed by atoms with Crippen molar-refractivity contribution < 1.29 is 12.8 Å². The van der Waals surface area contributed by atoms with Crippen LogP contribution in [0.2, 0.25) is 0 Å². The van der Waals surface area contributed by atoms with Crippen LogP contribution in [-0.4, -0.2) is 57.3 Å². The molecule has 3 N–H and O–H groups in total. The Kier molecular flexibility index (Phi) is 10.6. The first-order valence-electron chi connectivity index (χ1n) is 10.4. The largest absolute Gasteiger partial charge is 0.357 e. The first-order valence-corrected chi connectivity index (χ1v) is 12.0. The van der Waals surface area contributed by atoms with E-state index in [0.29, 0.717) is 31.4 Å². The van der Waals surface area contributed by atoms with Gasteiger partial charge in [0.05, 0.1) is 12.3 Å². The minimum Gasteiger partial charge on any atom is -0.357 e. The first kappa shape index (κ1) is 26.3. The molecular weight excluding hydrogens is 546 g/mol. The molecular formula is C21H30FIN6O2S. The number of benzene rings is 1. The predicted molar refractivity (Wildman–Crippen MR) is 136 cm³/mol. The van der Waals surface area contributed by atoms with Gasteiger partial charge in [0, 0.05) is 38.4 Å². The SMILES string of the molecule is CCNC(=NCCS(=O)(=O)NCc1ccccc1)NC1CCN(c2ncccc2F)C1.I. The summed E-state index contributed by atoms with van der Waals surface area (Å²) in [5.74, 6) is 0.460. The zero-order valence-corrected chi connectivity index (χ0v) is 21.1. The molecule has 1 aliphatic rings. The van der Waals surface area contributed by atoms with Crippen LogP contribution in [-0.2, 0) is 16.6 Å². The summed E-state index contributed by atoms with van der Waals surface area (Å²) in [4.78, 5) is 10.4. The van der Waals surface area contributed by atoms with Gasteiger partial charge in [-0.2, -0.15) is 0 Å². The lowest BCUT2D eigenvalue weighted by atomic mass is 10.2. The third kappa shape index (κ3) is 8.17. The van der Waals surface area contributed by atoms with Gasteiger partial charge in [-0.15, -0.1) is 24.0 Å². The summed E-state index contributed by atoms with van der Waals surface area (Å²) < 4.78 is 41.1. The van der Waals surface area contributed by atoms with Gasteiger partial charge >= 0.3 is 0 Å². The quantitative estimate of drug-likeness (QED) is 0.240. The zero-order valence-electron chi connectivity index (χ0n) is 18.0. The van der Waals surface area contributed by atoms with Gasteiger partial charge in [-0.25, -0.2) is 22.5 Å². The van der Waals surface area contributed by atoms with Crippen LogP contribution >= 0.6 is 24.0 Å². The Bertz CT molecular complexity index is 977. The number of hydrogen-bond donors (Lipinski definition) is 3. The molecule has 0 saturated carbocycles. The number of pyridine rings is 1. The highest BCUT2D eigenvalue weighted by Gasteiger charge is 2.26. The molecule has 2 aromatic rings. The molecule has 1 aromatic carbocycles. The van der Waals surface area contributed by atoms with Crippen molar-refractivity contribution in [2.24, 2.45) is 4.99 Å². The zero-order chi connectivity index (χ0) is 22.1. The van der Waals surface area contributed by atoms with Gasteiger partial charge in [-0.1, -0.05) is 30.3 Å². The summed E-state index contributed by atoms with van der Waals surface area (Å²) >= 11 is 0. The number of anilines is 1. The summed E-state index contributed by atoms with van der Waals surface area (Å²) in [6, 6.07) is 12.4. The second-order valence-electron chi connectivity index (χ2n) is 7.27. The molecule has 0 amide bonds. The fraction of sp³-hybridized carbons (Fsp3) is 0.429. The van der Waals surface area contributed by atoms with E-state index in [4.69, 9.17) is 0 Å². The molecule has 32 heavy (non-hydrogen) atoms. The molecule has 0 aliphatic carbocycles. The van der Waals surface area contributed by atoms with Crippen LogP contribution in [0.25, 0.3) is 0 Å². The lowest BCUT2D eigenvalue weighted by molar-refractivity contribution is 0.581. The summed E-state index contributed by atoms with van der Waals surface area (Å²) in [7, 11) is -3.44. The van der Waals surface area contributed by atoms with E-state index in [1.54, 1.807) is 12.3 Å². The van der Waals surface area contributed by atoms with Gasteiger partial charge in [0.2, 0.25) is 10.0 Å². The Morgan fingerprint density at radius 1 is 1.25 bits per heavy atom. The number of rotatable bonds is 9. The van der Waals surface area contributed by atoms with E-state index in [1.165, 1.54) is 6.07 Å². The minimum atomic E-state index is -3.44. The van der Waals surface area contributed by atoms with E-state index in [0.717, 1.165) is 12.0 Å². The molecule has 0 spiro atoms. The maximum atomic E-state index is 14.0. The number of sulfonamides is 1. The molecule has 1 fully saturated rings. The van der Waals surface area contributed by atoms with Crippen molar-refractivity contribution in [2.75, 3.05) is 36.8 Å². The number of aromatic nitrogens is 1. The highest BCUT2D eigenvalue weighted by molar-refractivity contribution is 14.0. The van der Waals surface area contributed by atoms with Gasteiger partial charge in [0.15, 0.2) is 17.6 Å². The maximum absolute atomic E-state index is 14.0. The molecule has 1 aliphatic heterocycles. The Labute approximate surface area is 206 Å². The Morgan fingerprint density at radius 2 is 2.03 bits per heavy atom. The molecule has 1 aromatic heterocycles. The molecule has 3 rings (SSSR count). The predicted octanol–water partition coefficient (Wildman–Crippen LogP) is 2.09. The van der Waals surface area contributed by atoms with Gasteiger partial charge in [0.25, 0.3) is 0 Å². The standard InChI is InChI=1S/C21H29FN6O2S.HI/c1-2-23-21(25-12-14-31(29,30)26-15-17-7-4-3-5-8-17)27-18-10-13-28(16-18)20-19(22)9-6-11-24-20;/h3-9,11,18,26H,2,10,12-16H2,1H3,(H2,23,25,27);1H. The van der Waals surface area contributed by atoms with Crippen LogP contribution in [0.4, 0.5) is 10.2 Å². The van der Waals surface area contributed by atoms with Crippen molar-refractivity contribution in [3.8, 4) is 0 Å². The van der Waals surface area contributed by atoms with E-state index in [2.05, 4.69) is 25.3 Å². The van der Waals surface area contributed by atoms with Crippen LogP contribution in [0.15, 0.2) is 53.7 Å². The lowest BCUT2D eigenvalue weighted by Crippen LogP contribution is -2.45. The second-order valence-corrected chi connectivity index (χ2v) is 9.20. The van der Waals surface area contributed by atoms with E-state index >= 15 is 0 Å². The molecule has 8 nitrogen and oxygen atoms in total. The normalized spacial score (nSPS) is 16.5. The number of halogens is 2.